The lowest BCUT2D eigenvalue weighted by Crippen LogP contribution is -2.28. The minimum atomic E-state index is -3.54. The average Bonchev–Trinajstić information content (AvgIpc) is 2.62. The standard InChI is InChI=1S/C19H23ClN2O3S/c1-4-5-12-22(3)26(24,25)17-9-6-15(7-10-17)19(23)21-18-11-8-16(20)13-14(18)2/h6-11,13H,4-5,12H2,1-3H3,(H,21,23). The summed E-state index contributed by atoms with van der Waals surface area (Å²) in [5, 5.41) is 3.40. The Balaban J connectivity index is 2.14. The first-order valence-electron chi connectivity index (χ1n) is 8.39. The van der Waals surface area contributed by atoms with Gasteiger partial charge in [-0.25, -0.2) is 12.7 Å². The maximum Gasteiger partial charge on any atom is 0.255 e. The van der Waals surface area contributed by atoms with E-state index >= 15 is 0 Å². The van der Waals surface area contributed by atoms with E-state index in [9.17, 15) is 13.2 Å². The SMILES string of the molecule is CCCCN(C)S(=O)(=O)c1ccc(C(=O)Nc2ccc(Cl)cc2C)cc1. The molecule has 0 fully saturated rings. The molecule has 5 nitrogen and oxygen atoms in total. The normalized spacial score (nSPS) is 11.6. The molecular weight excluding hydrogens is 372 g/mol. The van der Waals surface area contributed by atoms with Crippen molar-refractivity contribution in [3.63, 3.8) is 0 Å². The molecule has 0 saturated carbocycles. The minimum absolute atomic E-state index is 0.176. The summed E-state index contributed by atoms with van der Waals surface area (Å²) in [6.45, 7) is 4.33. The Morgan fingerprint density at radius 3 is 2.38 bits per heavy atom. The monoisotopic (exact) mass is 394 g/mol. The average molecular weight is 395 g/mol. The number of hydrogen-bond acceptors (Lipinski definition) is 3. The van der Waals surface area contributed by atoms with E-state index in [4.69, 9.17) is 11.6 Å². The Kier molecular flexibility index (Phi) is 6.81. The van der Waals surface area contributed by atoms with Crippen molar-refractivity contribution in [1.82, 2.24) is 4.31 Å². The maximum atomic E-state index is 12.5. The van der Waals surface area contributed by atoms with Gasteiger partial charge in [-0.2, -0.15) is 0 Å². The molecule has 140 valence electrons. The number of carbonyl (C=O) groups excluding carboxylic acids is 1. The highest BCUT2D eigenvalue weighted by Crippen LogP contribution is 2.21. The van der Waals surface area contributed by atoms with Gasteiger partial charge in [-0.05, 0) is 61.4 Å². The molecular formula is C19H23ClN2O3S. The number of benzene rings is 2. The molecule has 0 heterocycles. The van der Waals surface area contributed by atoms with Gasteiger partial charge in [0.1, 0.15) is 0 Å². The van der Waals surface area contributed by atoms with Crippen LogP contribution in [0, 0.1) is 6.92 Å². The molecule has 0 aromatic heterocycles. The highest BCUT2D eigenvalue weighted by Gasteiger charge is 2.20. The van der Waals surface area contributed by atoms with E-state index in [0.29, 0.717) is 22.8 Å². The zero-order chi connectivity index (χ0) is 19.3. The van der Waals surface area contributed by atoms with Crippen LogP contribution in [0.15, 0.2) is 47.4 Å². The number of halogens is 1. The zero-order valence-corrected chi connectivity index (χ0v) is 16.7. The lowest BCUT2D eigenvalue weighted by molar-refractivity contribution is 0.102. The molecule has 2 rings (SSSR count). The van der Waals surface area contributed by atoms with Gasteiger partial charge in [0.05, 0.1) is 4.90 Å². The van der Waals surface area contributed by atoms with Gasteiger partial charge in [-0.15, -0.1) is 0 Å². The van der Waals surface area contributed by atoms with Crippen molar-refractivity contribution in [3.05, 3.63) is 58.6 Å². The van der Waals surface area contributed by atoms with Crippen molar-refractivity contribution in [2.75, 3.05) is 18.9 Å². The topological polar surface area (TPSA) is 66.5 Å². The van der Waals surface area contributed by atoms with Crippen LogP contribution in [0.2, 0.25) is 5.02 Å². The van der Waals surface area contributed by atoms with Crippen LogP contribution < -0.4 is 5.32 Å². The van der Waals surface area contributed by atoms with E-state index < -0.39 is 10.0 Å². The lowest BCUT2D eigenvalue weighted by Gasteiger charge is -2.17. The van der Waals surface area contributed by atoms with Crippen LogP contribution in [-0.4, -0.2) is 32.2 Å². The van der Waals surface area contributed by atoms with E-state index in [1.54, 1.807) is 25.2 Å². The molecule has 7 heteroatoms. The molecule has 0 aliphatic heterocycles. The van der Waals surface area contributed by atoms with Crippen molar-refractivity contribution >= 4 is 33.2 Å². The maximum absolute atomic E-state index is 12.5. The quantitative estimate of drug-likeness (QED) is 0.760. The summed E-state index contributed by atoms with van der Waals surface area (Å²) < 4.78 is 26.3. The number of anilines is 1. The van der Waals surface area contributed by atoms with Gasteiger partial charge in [0.15, 0.2) is 0 Å². The number of amides is 1. The number of nitrogens with one attached hydrogen (secondary N) is 1. The molecule has 0 atom stereocenters. The number of unbranched alkanes of at least 4 members (excludes halogenated alkanes) is 1. The summed E-state index contributed by atoms with van der Waals surface area (Å²) in [6.07, 6.45) is 1.72. The predicted molar refractivity (Wildman–Crippen MR) is 105 cm³/mol. The van der Waals surface area contributed by atoms with Crippen LogP contribution in [-0.2, 0) is 10.0 Å². The number of aryl methyl sites for hydroxylation is 1. The van der Waals surface area contributed by atoms with Gasteiger partial charge >= 0.3 is 0 Å². The number of sulfonamides is 1. The van der Waals surface area contributed by atoms with Crippen molar-refractivity contribution in [1.29, 1.82) is 0 Å². The molecule has 1 amide bonds. The van der Waals surface area contributed by atoms with E-state index in [-0.39, 0.29) is 10.8 Å². The molecule has 2 aromatic carbocycles. The number of hydrogen-bond donors (Lipinski definition) is 1. The Bertz CT molecular complexity index is 880. The van der Waals surface area contributed by atoms with Gasteiger partial charge in [-0.1, -0.05) is 24.9 Å². The predicted octanol–water partition coefficient (Wildman–Crippen LogP) is 4.32. The molecule has 0 bridgehead atoms. The van der Waals surface area contributed by atoms with Gasteiger partial charge < -0.3 is 5.32 Å². The minimum Gasteiger partial charge on any atom is -0.322 e. The summed E-state index contributed by atoms with van der Waals surface area (Å²) in [4.78, 5) is 12.6. The fourth-order valence-electron chi connectivity index (χ4n) is 2.42. The molecule has 0 saturated heterocycles. The highest BCUT2D eigenvalue weighted by molar-refractivity contribution is 7.89. The molecule has 2 aromatic rings. The number of carbonyl (C=O) groups is 1. The largest absolute Gasteiger partial charge is 0.322 e. The third-order valence-corrected chi connectivity index (χ3v) is 6.19. The van der Waals surface area contributed by atoms with Crippen LogP contribution in [0.3, 0.4) is 0 Å². The van der Waals surface area contributed by atoms with E-state index in [2.05, 4.69) is 5.32 Å². The molecule has 26 heavy (non-hydrogen) atoms. The summed E-state index contributed by atoms with van der Waals surface area (Å²) in [6, 6.07) is 11.1. The molecule has 0 radical (unpaired) electrons. The first kappa shape index (κ1) is 20.4. The smallest absolute Gasteiger partial charge is 0.255 e. The van der Waals surface area contributed by atoms with Gasteiger partial charge in [0.2, 0.25) is 10.0 Å². The molecule has 1 N–H and O–H groups in total. The summed E-state index contributed by atoms with van der Waals surface area (Å²) in [5.41, 5.74) is 1.90. The summed E-state index contributed by atoms with van der Waals surface area (Å²) in [7, 11) is -1.97. The van der Waals surface area contributed by atoms with Crippen molar-refractivity contribution in [2.24, 2.45) is 0 Å². The van der Waals surface area contributed by atoms with E-state index in [1.165, 1.54) is 28.6 Å². The Hall–Kier alpha value is -1.89. The van der Waals surface area contributed by atoms with E-state index in [1.807, 2.05) is 13.8 Å². The molecule has 0 aliphatic carbocycles. The van der Waals surface area contributed by atoms with Crippen molar-refractivity contribution in [2.45, 2.75) is 31.6 Å². The molecule has 0 unspecified atom stereocenters. The van der Waals surface area contributed by atoms with Gasteiger partial charge in [0.25, 0.3) is 5.91 Å². The second-order valence-electron chi connectivity index (χ2n) is 6.12. The second-order valence-corrected chi connectivity index (χ2v) is 8.60. The number of nitrogens with zero attached hydrogens (tertiary/aromatic N) is 1. The number of rotatable bonds is 7. The fourth-order valence-corrected chi connectivity index (χ4v) is 3.86. The molecule has 0 spiro atoms. The van der Waals surface area contributed by atoms with Crippen LogP contribution in [0.4, 0.5) is 5.69 Å². The second kappa shape index (κ2) is 8.66. The summed E-state index contributed by atoms with van der Waals surface area (Å²) in [5.74, 6) is -0.307. The van der Waals surface area contributed by atoms with Crippen LogP contribution in [0.25, 0.3) is 0 Å². The zero-order valence-electron chi connectivity index (χ0n) is 15.1. The Morgan fingerprint density at radius 2 is 1.81 bits per heavy atom. The van der Waals surface area contributed by atoms with Gasteiger partial charge in [-0.3, -0.25) is 4.79 Å². The molecule has 0 aliphatic rings. The van der Waals surface area contributed by atoms with E-state index in [0.717, 1.165) is 18.4 Å². The first-order chi connectivity index (χ1) is 12.3. The van der Waals surface area contributed by atoms with Crippen LogP contribution >= 0.6 is 11.6 Å². The Labute approximate surface area is 160 Å². The summed E-state index contributed by atoms with van der Waals surface area (Å²) >= 11 is 5.91. The van der Waals surface area contributed by atoms with Crippen LogP contribution in [0.5, 0.6) is 0 Å². The van der Waals surface area contributed by atoms with Crippen LogP contribution in [0.1, 0.15) is 35.7 Å². The van der Waals surface area contributed by atoms with Crippen molar-refractivity contribution in [3.8, 4) is 0 Å². The lowest BCUT2D eigenvalue weighted by atomic mass is 10.1. The third-order valence-electron chi connectivity index (χ3n) is 4.09. The highest BCUT2D eigenvalue weighted by atomic mass is 35.5. The van der Waals surface area contributed by atoms with Crippen molar-refractivity contribution < 1.29 is 13.2 Å². The first-order valence-corrected chi connectivity index (χ1v) is 10.2. The third kappa shape index (κ3) is 4.84. The fraction of sp³-hybridized carbons (Fsp3) is 0.316. The van der Waals surface area contributed by atoms with Gasteiger partial charge in [0, 0.05) is 29.9 Å². The Morgan fingerprint density at radius 1 is 1.15 bits per heavy atom.